The minimum absolute atomic E-state index is 0.00802. The summed E-state index contributed by atoms with van der Waals surface area (Å²) in [4.78, 5) is 46.8. The number of nitrogens with one attached hydrogen (secondary N) is 2. The van der Waals surface area contributed by atoms with Crippen LogP contribution in [0, 0.1) is 12.8 Å². The summed E-state index contributed by atoms with van der Waals surface area (Å²) in [6.45, 7) is 4.59. The van der Waals surface area contributed by atoms with Gasteiger partial charge in [-0.15, -0.1) is 0 Å². The highest BCUT2D eigenvalue weighted by Crippen LogP contribution is 2.42. The number of amides is 3. The SMILES string of the molecule is Cc1c(-c2ccc(C(N)=O)c3[nH]c4c(c23)CCC(C(=O)NC2CCN(C)CC2)C4)cccc1N1Cc2ccccc2C1=O. The molecule has 0 spiro atoms. The molecule has 0 bridgehead atoms. The number of nitrogens with two attached hydrogens (primary N) is 1. The van der Waals surface area contributed by atoms with E-state index in [9.17, 15) is 14.4 Å². The van der Waals surface area contributed by atoms with Gasteiger partial charge in [-0.2, -0.15) is 0 Å². The Balaban J connectivity index is 1.24. The van der Waals surface area contributed by atoms with Gasteiger partial charge in [0, 0.05) is 34.3 Å². The predicted molar refractivity (Wildman–Crippen MR) is 168 cm³/mol. The molecule has 1 aromatic heterocycles. The number of aromatic amines is 1. The number of carbonyl (C=O) groups is 3. The normalized spacial score (nSPS) is 19.0. The van der Waals surface area contributed by atoms with Gasteiger partial charge >= 0.3 is 0 Å². The summed E-state index contributed by atoms with van der Waals surface area (Å²) in [7, 11) is 2.12. The summed E-state index contributed by atoms with van der Waals surface area (Å²) in [5.74, 6) is -0.478. The number of benzene rings is 3. The van der Waals surface area contributed by atoms with Crippen LogP contribution in [0.2, 0.25) is 0 Å². The molecule has 3 amide bonds. The van der Waals surface area contributed by atoms with Gasteiger partial charge in [0.15, 0.2) is 0 Å². The van der Waals surface area contributed by atoms with Gasteiger partial charge in [0.1, 0.15) is 0 Å². The van der Waals surface area contributed by atoms with Crippen molar-refractivity contribution in [3.8, 4) is 11.1 Å². The Kier molecular flexibility index (Phi) is 6.81. The third-order valence-corrected chi connectivity index (χ3v) is 9.75. The summed E-state index contributed by atoms with van der Waals surface area (Å²) in [6.07, 6.45) is 4.03. The van der Waals surface area contributed by atoms with Crippen LogP contribution in [0.5, 0.6) is 0 Å². The van der Waals surface area contributed by atoms with Crippen molar-refractivity contribution < 1.29 is 14.4 Å². The van der Waals surface area contributed by atoms with E-state index in [4.69, 9.17) is 5.73 Å². The van der Waals surface area contributed by atoms with E-state index < -0.39 is 5.91 Å². The number of likely N-dealkylation sites (tertiary alicyclic amines) is 1. The molecule has 7 rings (SSSR count). The Morgan fingerprint density at radius 2 is 1.72 bits per heavy atom. The van der Waals surface area contributed by atoms with Gasteiger partial charge in [-0.3, -0.25) is 14.4 Å². The van der Waals surface area contributed by atoms with E-state index in [1.807, 2.05) is 47.4 Å². The number of piperidine rings is 1. The number of anilines is 1. The molecule has 220 valence electrons. The van der Waals surface area contributed by atoms with Crippen molar-refractivity contribution in [2.24, 2.45) is 11.7 Å². The van der Waals surface area contributed by atoms with E-state index >= 15 is 0 Å². The zero-order valence-corrected chi connectivity index (χ0v) is 24.7. The van der Waals surface area contributed by atoms with Crippen LogP contribution in [0.25, 0.3) is 22.0 Å². The van der Waals surface area contributed by atoms with E-state index in [0.717, 1.165) is 94.4 Å². The lowest BCUT2D eigenvalue weighted by Crippen LogP contribution is -2.46. The zero-order valence-electron chi connectivity index (χ0n) is 24.7. The standard InChI is InChI=1S/C35H37N5O3/c1-20-24(8-5-9-30(20)40-19-22-6-3-4-7-25(22)35(40)43)26-12-13-28(33(36)41)32-31(26)27-11-10-21(18-29(27)38-32)34(42)37-23-14-16-39(2)17-15-23/h3-9,12-13,21,23,38H,10-11,14-19H2,1-2H3,(H2,36,41)(H,37,42). The maximum atomic E-state index is 13.3. The molecule has 8 heteroatoms. The fourth-order valence-electron chi connectivity index (χ4n) is 7.32. The number of hydrogen-bond donors (Lipinski definition) is 3. The highest BCUT2D eigenvalue weighted by Gasteiger charge is 2.32. The molecular formula is C35H37N5O3. The monoisotopic (exact) mass is 575 g/mol. The Labute approximate surface area is 251 Å². The van der Waals surface area contributed by atoms with Crippen molar-refractivity contribution in [1.82, 2.24) is 15.2 Å². The average molecular weight is 576 g/mol. The van der Waals surface area contributed by atoms with Gasteiger partial charge in [0.2, 0.25) is 5.91 Å². The van der Waals surface area contributed by atoms with Gasteiger partial charge < -0.3 is 25.8 Å². The number of primary amides is 1. The number of hydrogen-bond acceptors (Lipinski definition) is 4. The van der Waals surface area contributed by atoms with Gasteiger partial charge in [0.25, 0.3) is 11.8 Å². The third kappa shape index (κ3) is 4.70. The number of aryl methyl sites for hydroxylation is 1. The number of H-pyrrole nitrogens is 1. The van der Waals surface area contributed by atoms with Crippen LogP contribution in [0.4, 0.5) is 5.69 Å². The van der Waals surface area contributed by atoms with Gasteiger partial charge in [-0.25, -0.2) is 0 Å². The van der Waals surface area contributed by atoms with Crippen LogP contribution < -0.4 is 16.0 Å². The van der Waals surface area contributed by atoms with Crippen LogP contribution in [0.3, 0.4) is 0 Å². The molecule has 0 radical (unpaired) electrons. The van der Waals surface area contributed by atoms with Crippen molar-refractivity contribution in [1.29, 1.82) is 0 Å². The lowest BCUT2D eigenvalue weighted by Gasteiger charge is -2.31. The molecule has 1 unspecified atom stereocenters. The Hall–Kier alpha value is -4.43. The molecule has 1 fully saturated rings. The number of nitrogens with zero attached hydrogens (tertiary/aromatic N) is 2. The largest absolute Gasteiger partial charge is 0.366 e. The molecule has 0 saturated carbocycles. The fourth-order valence-corrected chi connectivity index (χ4v) is 7.32. The zero-order chi connectivity index (χ0) is 29.8. The highest BCUT2D eigenvalue weighted by atomic mass is 16.2. The molecule has 43 heavy (non-hydrogen) atoms. The Bertz CT molecular complexity index is 1780. The van der Waals surface area contributed by atoms with Crippen molar-refractivity contribution in [3.05, 3.63) is 88.1 Å². The lowest BCUT2D eigenvalue weighted by molar-refractivity contribution is -0.126. The summed E-state index contributed by atoms with van der Waals surface area (Å²) in [5, 5.41) is 4.29. The molecule has 4 aromatic rings. The minimum Gasteiger partial charge on any atom is -0.366 e. The van der Waals surface area contributed by atoms with Crippen LogP contribution >= 0.6 is 0 Å². The van der Waals surface area contributed by atoms with Crippen LogP contribution in [0.15, 0.2) is 54.6 Å². The highest BCUT2D eigenvalue weighted by molar-refractivity contribution is 6.13. The second kappa shape index (κ2) is 10.7. The molecule has 3 aromatic carbocycles. The van der Waals surface area contributed by atoms with Crippen molar-refractivity contribution in [3.63, 3.8) is 0 Å². The van der Waals surface area contributed by atoms with Crippen molar-refractivity contribution in [2.45, 2.75) is 51.6 Å². The van der Waals surface area contributed by atoms with Gasteiger partial charge in [-0.1, -0.05) is 36.4 Å². The number of aromatic nitrogens is 1. The van der Waals surface area contributed by atoms with E-state index in [1.165, 1.54) is 0 Å². The summed E-state index contributed by atoms with van der Waals surface area (Å²) in [5.41, 5.74) is 14.8. The maximum Gasteiger partial charge on any atom is 0.258 e. The second-order valence-electron chi connectivity index (χ2n) is 12.4. The van der Waals surface area contributed by atoms with Gasteiger partial charge in [-0.05, 0) is 105 Å². The second-order valence-corrected chi connectivity index (χ2v) is 12.4. The molecule has 3 heterocycles. The number of carbonyl (C=O) groups excluding carboxylic acids is 3. The summed E-state index contributed by atoms with van der Waals surface area (Å²) >= 11 is 0. The molecule has 8 nitrogen and oxygen atoms in total. The first kappa shape index (κ1) is 27.4. The third-order valence-electron chi connectivity index (χ3n) is 9.75. The van der Waals surface area contributed by atoms with E-state index in [1.54, 1.807) is 6.07 Å². The smallest absolute Gasteiger partial charge is 0.258 e. The maximum absolute atomic E-state index is 13.3. The molecule has 1 saturated heterocycles. The fraction of sp³-hybridized carbons (Fsp3) is 0.343. The molecule has 1 aliphatic carbocycles. The topological polar surface area (TPSA) is 112 Å². The van der Waals surface area contributed by atoms with Crippen LogP contribution in [-0.4, -0.2) is 53.8 Å². The van der Waals surface area contributed by atoms with Gasteiger partial charge in [0.05, 0.1) is 17.6 Å². The number of fused-ring (bicyclic) bond motifs is 4. The lowest BCUT2D eigenvalue weighted by atomic mass is 9.84. The first-order valence-corrected chi connectivity index (χ1v) is 15.2. The molecule has 2 aliphatic heterocycles. The number of rotatable bonds is 5. The van der Waals surface area contributed by atoms with E-state index in [-0.39, 0.29) is 23.8 Å². The first-order valence-electron chi connectivity index (χ1n) is 15.2. The van der Waals surface area contributed by atoms with Crippen molar-refractivity contribution >= 4 is 34.3 Å². The Morgan fingerprint density at radius 3 is 2.49 bits per heavy atom. The van der Waals surface area contributed by atoms with E-state index in [0.29, 0.717) is 18.5 Å². The predicted octanol–water partition coefficient (Wildman–Crippen LogP) is 4.72. The van der Waals surface area contributed by atoms with Crippen LogP contribution in [-0.2, 0) is 24.2 Å². The van der Waals surface area contributed by atoms with E-state index in [2.05, 4.69) is 35.2 Å². The first-order chi connectivity index (χ1) is 20.8. The molecule has 1 atom stereocenters. The molecule has 3 aliphatic rings. The molecular weight excluding hydrogens is 538 g/mol. The van der Waals surface area contributed by atoms with Crippen LogP contribution in [0.1, 0.15) is 62.4 Å². The summed E-state index contributed by atoms with van der Waals surface area (Å²) < 4.78 is 0. The average Bonchev–Trinajstić information content (AvgIpc) is 3.55. The Morgan fingerprint density at radius 1 is 0.953 bits per heavy atom. The quantitative estimate of drug-likeness (QED) is 0.320. The molecule has 4 N–H and O–H groups in total. The van der Waals surface area contributed by atoms with Crippen molar-refractivity contribution in [2.75, 3.05) is 25.0 Å². The minimum atomic E-state index is -0.488. The summed E-state index contributed by atoms with van der Waals surface area (Å²) in [6, 6.07) is 17.8.